The molecule has 2 aromatic rings. The highest BCUT2D eigenvalue weighted by molar-refractivity contribution is 6.31. The third-order valence-electron chi connectivity index (χ3n) is 4.79. The number of piperazine rings is 1. The van der Waals surface area contributed by atoms with Gasteiger partial charge < -0.3 is 9.64 Å². The van der Waals surface area contributed by atoms with Crippen LogP contribution in [0, 0.1) is 5.82 Å². The first-order valence-corrected chi connectivity index (χ1v) is 9.70. The number of hydrogen-bond donors (Lipinski definition) is 1. The van der Waals surface area contributed by atoms with E-state index >= 15 is 0 Å². The Morgan fingerprint density at radius 3 is 2.37 bits per heavy atom. The molecule has 0 radical (unpaired) electrons. The van der Waals surface area contributed by atoms with Crippen LogP contribution in [0.1, 0.15) is 20.7 Å². The molecular formula is C21H21ClFN3O4. The lowest BCUT2D eigenvalue weighted by atomic mass is 10.1. The van der Waals surface area contributed by atoms with Crippen molar-refractivity contribution in [2.24, 2.45) is 0 Å². The molecular weight excluding hydrogens is 413 g/mol. The Kier molecular flexibility index (Phi) is 7.02. The van der Waals surface area contributed by atoms with Gasteiger partial charge in [-0.25, -0.2) is 4.39 Å². The minimum atomic E-state index is -0.622. The molecule has 0 spiro atoms. The van der Waals surface area contributed by atoms with Gasteiger partial charge in [-0.2, -0.15) is 0 Å². The van der Waals surface area contributed by atoms with Gasteiger partial charge >= 0.3 is 0 Å². The van der Waals surface area contributed by atoms with E-state index in [1.165, 1.54) is 24.1 Å². The summed E-state index contributed by atoms with van der Waals surface area (Å²) in [5, 5.41) is 2.64. The van der Waals surface area contributed by atoms with Crippen LogP contribution in [0.4, 0.5) is 4.39 Å². The highest BCUT2D eigenvalue weighted by Crippen LogP contribution is 2.18. The van der Waals surface area contributed by atoms with Crippen LogP contribution in [0.2, 0.25) is 5.02 Å². The Bertz CT molecular complexity index is 944. The molecule has 3 rings (SSSR count). The molecule has 9 heteroatoms. The van der Waals surface area contributed by atoms with E-state index in [0.717, 1.165) is 6.07 Å². The summed E-state index contributed by atoms with van der Waals surface area (Å²) in [6.45, 7) is 1.56. The van der Waals surface area contributed by atoms with E-state index in [9.17, 15) is 18.8 Å². The molecule has 1 fully saturated rings. The topological polar surface area (TPSA) is 79.0 Å². The molecule has 3 amide bonds. The van der Waals surface area contributed by atoms with E-state index < -0.39 is 23.5 Å². The summed E-state index contributed by atoms with van der Waals surface area (Å²) in [6.07, 6.45) is 0. The zero-order valence-electron chi connectivity index (χ0n) is 16.4. The van der Waals surface area contributed by atoms with Gasteiger partial charge in [0.15, 0.2) is 0 Å². The van der Waals surface area contributed by atoms with E-state index in [-0.39, 0.29) is 17.1 Å². The van der Waals surface area contributed by atoms with Crippen molar-refractivity contribution in [3.05, 3.63) is 64.4 Å². The summed E-state index contributed by atoms with van der Waals surface area (Å²) in [7, 11) is 1.53. The predicted octanol–water partition coefficient (Wildman–Crippen LogP) is 2.20. The van der Waals surface area contributed by atoms with Gasteiger partial charge in [0.1, 0.15) is 11.6 Å². The normalized spacial score (nSPS) is 14.3. The lowest BCUT2D eigenvalue weighted by molar-refractivity contribution is -0.121. The molecule has 0 unspecified atom stereocenters. The van der Waals surface area contributed by atoms with E-state index in [1.54, 1.807) is 24.3 Å². The van der Waals surface area contributed by atoms with Crippen LogP contribution in [-0.2, 0) is 4.79 Å². The second kappa shape index (κ2) is 9.69. The fourth-order valence-electron chi connectivity index (χ4n) is 3.12. The Balaban J connectivity index is 1.49. The Hall–Kier alpha value is -2.97. The van der Waals surface area contributed by atoms with Crippen LogP contribution >= 0.6 is 11.6 Å². The lowest BCUT2D eigenvalue weighted by Crippen LogP contribution is -2.51. The van der Waals surface area contributed by atoms with Gasteiger partial charge in [-0.05, 0) is 42.5 Å². The minimum Gasteiger partial charge on any atom is -0.497 e. The van der Waals surface area contributed by atoms with Crippen molar-refractivity contribution in [1.29, 1.82) is 0 Å². The first-order valence-electron chi connectivity index (χ1n) is 9.32. The fraction of sp³-hybridized carbons (Fsp3) is 0.286. The summed E-state index contributed by atoms with van der Waals surface area (Å²) in [6, 6.07) is 10.3. The SMILES string of the molecule is COc1ccc(C(=O)NC(=O)CN2CCN(C(=O)c3cc(Cl)ccc3F)CC2)cc1. The van der Waals surface area contributed by atoms with E-state index in [1.807, 2.05) is 4.90 Å². The monoisotopic (exact) mass is 433 g/mol. The van der Waals surface area contributed by atoms with Gasteiger partial charge in [-0.1, -0.05) is 11.6 Å². The second-order valence-electron chi connectivity index (χ2n) is 6.80. The number of benzene rings is 2. The molecule has 1 aliphatic heterocycles. The number of rotatable bonds is 5. The van der Waals surface area contributed by atoms with E-state index in [4.69, 9.17) is 16.3 Å². The minimum absolute atomic E-state index is 0.0233. The van der Waals surface area contributed by atoms with Crippen LogP contribution in [0.25, 0.3) is 0 Å². The number of amides is 3. The summed E-state index contributed by atoms with van der Waals surface area (Å²) in [5.74, 6) is -1.37. The Labute approximate surface area is 178 Å². The predicted molar refractivity (Wildman–Crippen MR) is 109 cm³/mol. The van der Waals surface area contributed by atoms with E-state index in [0.29, 0.717) is 37.5 Å². The maximum absolute atomic E-state index is 13.9. The molecule has 1 heterocycles. The number of nitrogens with zero attached hydrogens (tertiary/aromatic N) is 2. The number of nitrogens with one attached hydrogen (secondary N) is 1. The van der Waals surface area contributed by atoms with Crippen molar-refractivity contribution in [2.45, 2.75) is 0 Å². The number of halogens is 2. The van der Waals surface area contributed by atoms with Crippen LogP contribution in [0.3, 0.4) is 0 Å². The lowest BCUT2D eigenvalue weighted by Gasteiger charge is -2.34. The molecule has 1 aliphatic rings. The molecule has 2 aromatic carbocycles. The summed E-state index contributed by atoms with van der Waals surface area (Å²) < 4.78 is 19.0. The van der Waals surface area contributed by atoms with Gasteiger partial charge in [-0.3, -0.25) is 24.6 Å². The standard InChI is InChI=1S/C21H21ClFN3O4/c1-30-16-5-2-14(3-6-16)20(28)24-19(27)13-25-8-10-26(11-9-25)21(29)17-12-15(22)4-7-18(17)23/h2-7,12H,8-11,13H2,1H3,(H,24,27,28). The van der Waals surface area contributed by atoms with Gasteiger partial charge in [-0.15, -0.1) is 0 Å². The molecule has 30 heavy (non-hydrogen) atoms. The van der Waals surface area contributed by atoms with Crippen LogP contribution in [-0.4, -0.2) is 67.4 Å². The van der Waals surface area contributed by atoms with Crippen LogP contribution in [0.15, 0.2) is 42.5 Å². The average molecular weight is 434 g/mol. The number of carbonyl (C=O) groups is 3. The van der Waals surface area contributed by atoms with Gasteiger partial charge in [0.25, 0.3) is 11.8 Å². The van der Waals surface area contributed by atoms with Crippen molar-refractivity contribution in [3.8, 4) is 5.75 Å². The highest BCUT2D eigenvalue weighted by atomic mass is 35.5. The van der Waals surface area contributed by atoms with Gasteiger partial charge in [0, 0.05) is 36.8 Å². The zero-order chi connectivity index (χ0) is 21.7. The molecule has 1 saturated heterocycles. The summed E-state index contributed by atoms with van der Waals surface area (Å²) in [4.78, 5) is 40.2. The average Bonchev–Trinajstić information content (AvgIpc) is 2.75. The van der Waals surface area contributed by atoms with Crippen LogP contribution < -0.4 is 10.1 Å². The van der Waals surface area contributed by atoms with Gasteiger partial charge in [0.2, 0.25) is 5.91 Å². The summed E-state index contributed by atoms with van der Waals surface area (Å²) >= 11 is 5.86. The van der Waals surface area contributed by atoms with Crippen LogP contribution in [0.5, 0.6) is 5.75 Å². The molecule has 0 saturated carbocycles. The maximum Gasteiger partial charge on any atom is 0.257 e. The van der Waals surface area contributed by atoms with Crippen molar-refractivity contribution in [3.63, 3.8) is 0 Å². The van der Waals surface area contributed by atoms with Crippen molar-refractivity contribution in [1.82, 2.24) is 15.1 Å². The second-order valence-corrected chi connectivity index (χ2v) is 7.23. The quantitative estimate of drug-likeness (QED) is 0.782. The number of hydrogen-bond acceptors (Lipinski definition) is 5. The number of imide groups is 1. The van der Waals surface area contributed by atoms with E-state index in [2.05, 4.69) is 5.32 Å². The first-order chi connectivity index (χ1) is 14.4. The molecule has 0 atom stereocenters. The third-order valence-corrected chi connectivity index (χ3v) is 5.03. The fourth-order valence-corrected chi connectivity index (χ4v) is 3.30. The zero-order valence-corrected chi connectivity index (χ0v) is 17.1. The Morgan fingerprint density at radius 1 is 1.07 bits per heavy atom. The maximum atomic E-state index is 13.9. The molecule has 0 aliphatic carbocycles. The number of carbonyl (C=O) groups excluding carboxylic acids is 3. The molecule has 1 N–H and O–H groups in total. The summed E-state index contributed by atoms with van der Waals surface area (Å²) in [5.41, 5.74) is 0.280. The molecule has 0 bridgehead atoms. The highest BCUT2D eigenvalue weighted by Gasteiger charge is 2.25. The molecule has 7 nitrogen and oxygen atoms in total. The third kappa shape index (κ3) is 5.34. The first kappa shape index (κ1) is 21.7. The molecule has 0 aromatic heterocycles. The largest absolute Gasteiger partial charge is 0.497 e. The smallest absolute Gasteiger partial charge is 0.257 e. The van der Waals surface area contributed by atoms with Gasteiger partial charge in [0.05, 0.1) is 19.2 Å². The van der Waals surface area contributed by atoms with Crippen molar-refractivity contribution in [2.75, 3.05) is 39.8 Å². The Morgan fingerprint density at radius 2 is 1.73 bits per heavy atom. The molecule has 158 valence electrons. The number of methoxy groups -OCH3 is 1. The number of ether oxygens (including phenoxy) is 1. The van der Waals surface area contributed by atoms with Crippen molar-refractivity contribution >= 4 is 29.3 Å². The van der Waals surface area contributed by atoms with Crippen molar-refractivity contribution < 1.29 is 23.5 Å².